The lowest BCUT2D eigenvalue weighted by Crippen LogP contribution is -2.23. The van der Waals surface area contributed by atoms with Crippen LogP contribution in [0.4, 0.5) is 5.69 Å². The van der Waals surface area contributed by atoms with E-state index in [1.165, 1.54) is 17.9 Å². The number of rotatable bonds is 6. The number of hydrogen-bond acceptors (Lipinski definition) is 6. The summed E-state index contributed by atoms with van der Waals surface area (Å²) in [5.41, 5.74) is 1.30. The molecule has 0 aliphatic rings. The molecule has 27 heavy (non-hydrogen) atoms. The first-order valence-electron chi connectivity index (χ1n) is 8.30. The zero-order valence-corrected chi connectivity index (χ0v) is 15.0. The Bertz CT molecular complexity index is 1000. The molecule has 138 valence electrons. The predicted molar refractivity (Wildman–Crippen MR) is 102 cm³/mol. The summed E-state index contributed by atoms with van der Waals surface area (Å²) in [4.78, 5) is 23.5. The highest BCUT2D eigenvalue weighted by Crippen LogP contribution is 2.35. The molecule has 0 atom stereocenters. The van der Waals surface area contributed by atoms with Crippen LogP contribution in [0.15, 0.2) is 65.5 Å². The molecule has 1 N–H and O–H groups in total. The number of ether oxygens (including phenoxy) is 2. The summed E-state index contributed by atoms with van der Waals surface area (Å²) in [7, 11) is 2.87. The number of hydrogen-bond donors (Lipinski definition) is 1. The van der Waals surface area contributed by atoms with Crippen LogP contribution in [-0.4, -0.2) is 29.4 Å². The quantitative estimate of drug-likeness (QED) is 0.677. The minimum Gasteiger partial charge on any atom is -0.468 e. The molecule has 0 fully saturated rings. The van der Waals surface area contributed by atoms with Crippen LogP contribution in [0.2, 0.25) is 0 Å². The predicted octanol–water partition coefficient (Wildman–Crippen LogP) is 2.82. The number of benzene rings is 2. The molecule has 0 amide bonds. The van der Waals surface area contributed by atoms with Crippen LogP contribution in [0.25, 0.3) is 11.3 Å². The highest BCUT2D eigenvalue weighted by Gasteiger charge is 2.16. The van der Waals surface area contributed by atoms with E-state index < -0.39 is 5.97 Å². The van der Waals surface area contributed by atoms with Crippen molar-refractivity contribution in [2.75, 3.05) is 19.0 Å². The molecule has 0 bridgehead atoms. The fraction of sp³-hybridized carbons (Fsp3) is 0.150. The minimum absolute atomic E-state index is 0.0833. The van der Waals surface area contributed by atoms with E-state index in [-0.39, 0.29) is 12.1 Å². The first kappa shape index (κ1) is 18.2. The molecule has 1 aromatic heterocycles. The molecule has 0 radical (unpaired) electrons. The van der Waals surface area contributed by atoms with E-state index in [4.69, 9.17) is 4.74 Å². The molecule has 0 unspecified atom stereocenters. The van der Waals surface area contributed by atoms with Gasteiger partial charge in [-0.25, -0.2) is 4.68 Å². The zero-order valence-electron chi connectivity index (χ0n) is 15.0. The monoisotopic (exact) mass is 365 g/mol. The van der Waals surface area contributed by atoms with Gasteiger partial charge in [0.25, 0.3) is 5.56 Å². The van der Waals surface area contributed by atoms with Gasteiger partial charge in [0.1, 0.15) is 23.7 Å². The lowest BCUT2D eigenvalue weighted by Gasteiger charge is -2.15. The second-order valence-electron chi connectivity index (χ2n) is 5.71. The van der Waals surface area contributed by atoms with Gasteiger partial charge in [0.05, 0.1) is 12.8 Å². The van der Waals surface area contributed by atoms with Crippen molar-refractivity contribution >= 4 is 11.7 Å². The summed E-state index contributed by atoms with van der Waals surface area (Å²) in [6, 6.07) is 18.1. The molecule has 0 saturated heterocycles. The number of nitrogens with zero attached hydrogens (tertiary/aromatic N) is 2. The molecule has 7 nitrogen and oxygen atoms in total. The van der Waals surface area contributed by atoms with Crippen LogP contribution in [0.5, 0.6) is 11.5 Å². The summed E-state index contributed by atoms with van der Waals surface area (Å²) >= 11 is 0. The normalized spacial score (nSPS) is 10.3. The van der Waals surface area contributed by atoms with Crippen LogP contribution >= 0.6 is 0 Å². The molecule has 0 spiro atoms. The third-order valence-corrected chi connectivity index (χ3v) is 3.86. The Labute approximate surface area is 156 Å². The van der Waals surface area contributed by atoms with E-state index in [1.807, 2.05) is 54.6 Å². The maximum atomic E-state index is 12.0. The average Bonchev–Trinajstić information content (AvgIpc) is 2.69. The fourth-order valence-corrected chi connectivity index (χ4v) is 2.48. The number of esters is 1. The van der Waals surface area contributed by atoms with Crippen LogP contribution < -0.4 is 15.6 Å². The Morgan fingerprint density at radius 2 is 1.81 bits per heavy atom. The van der Waals surface area contributed by atoms with Crippen LogP contribution in [-0.2, 0) is 16.6 Å². The van der Waals surface area contributed by atoms with Crippen molar-refractivity contribution in [3.05, 3.63) is 71.0 Å². The van der Waals surface area contributed by atoms with E-state index in [0.717, 1.165) is 0 Å². The highest BCUT2D eigenvalue weighted by molar-refractivity contribution is 5.81. The first-order valence-corrected chi connectivity index (χ1v) is 8.30. The molecule has 2 aromatic carbocycles. The Morgan fingerprint density at radius 1 is 1.11 bits per heavy atom. The van der Waals surface area contributed by atoms with Crippen molar-refractivity contribution in [3.8, 4) is 22.8 Å². The lowest BCUT2D eigenvalue weighted by molar-refractivity contribution is -0.138. The van der Waals surface area contributed by atoms with Crippen molar-refractivity contribution < 1.29 is 14.3 Å². The molecular weight excluding hydrogens is 346 g/mol. The van der Waals surface area contributed by atoms with E-state index in [0.29, 0.717) is 28.4 Å². The van der Waals surface area contributed by atoms with E-state index in [2.05, 4.69) is 15.2 Å². The summed E-state index contributed by atoms with van der Waals surface area (Å²) in [5.74, 6) is 0.810. The molecule has 0 saturated carbocycles. The maximum Gasteiger partial charge on any atom is 0.325 e. The Kier molecular flexibility index (Phi) is 5.51. The molecular formula is C20H19N3O4. The number of aromatic nitrogens is 2. The zero-order chi connectivity index (χ0) is 19.2. The molecule has 3 aromatic rings. The third kappa shape index (κ3) is 4.33. The van der Waals surface area contributed by atoms with Gasteiger partial charge in [-0.2, -0.15) is 5.10 Å². The van der Waals surface area contributed by atoms with Crippen LogP contribution in [0.3, 0.4) is 0 Å². The maximum absolute atomic E-state index is 12.0. The lowest BCUT2D eigenvalue weighted by atomic mass is 10.1. The largest absolute Gasteiger partial charge is 0.468 e. The number of para-hydroxylation sites is 2. The van der Waals surface area contributed by atoms with Gasteiger partial charge < -0.3 is 14.8 Å². The van der Waals surface area contributed by atoms with Crippen LogP contribution in [0.1, 0.15) is 0 Å². The third-order valence-electron chi connectivity index (χ3n) is 3.86. The van der Waals surface area contributed by atoms with Crippen molar-refractivity contribution in [2.24, 2.45) is 7.05 Å². The van der Waals surface area contributed by atoms with Gasteiger partial charge in [-0.3, -0.25) is 9.59 Å². The molecule has 3 rings (SSSR count). The number of methoxy groups -OCH3 is 1. The average molecular weight is 365 g/mol. The van der Waals surface area contributed by atoms with Gasteiger partial charge in [0, 0.05) is 18.7 Å². The highest BCUT2D eigenvalue weighted by atomic mass is 16.5. The van der Waals surface area contributed by atoms with Crippen molar-refractivity contribution in [1.82, 2.24) is 9.78 Å². The van der Waals surface area contributed by atoms with E-state index >= 15 is 0 Å². The Morgan fingerprint density at radius 3 is 2.56 bits per heavy atom. The smallest absolute Gasteiger partial charge is 0.325 e. The van der Waals surface area contributed by atoms with Gasteiger partial charge in [-0.05, 0) is 24.3 Å². The Balaban J connectivity index is 2.04. The van der Waals surface area contributed by atoms with Crippen molar-refractivity contribution in [2.45, 2.75) is 0 Å². The number of carbonyl (C=O) groups excluding carboxylic acids is 1. The summed E-state index contributed by atoms with van der Waals surface area (Å²) < 4.78 is 11.9. The minimum atomic E-state index is -0.449. The standard InChI is InChI=1S/C20H19N3O4/c1-23-18(24)12-16(21-13-19(25)26-2)20(22-23)15-10-6-7-11-17(15)27-14-8-4-3-5-9-14/h3-12,21H,13H2,1-2H3. The van der Waals surface area contributed by atoms with Crippen molar-refractivity contribution in [3.63, 3.8) is 0 Å². The van der Waals surface area contributed by atoms with Crippen molar-refractivity contribution in [1.29, 1.82) is 0 Å². The second kappa shape index (κ2) is 8.18. The van der Waals surface area contributed by atoms with Gasteiger partial charge >= 0.3 is 5.97 Å². The van der Waals surface area contributed by atoms with Crippen LogP contribution in [0, 0.1) is 0 Å². The Hall–Kier alpha value is -3.61. The summed E-state index contributed by atoms with van der Waals surface area (Å²) in [6.07, 6.45) is 0. The summed E-state index contributed by atoms with van der Waals surface area (Å²) in [5, 5.41) is 7.27. The number of anilines is 1. The molecule has 7 heteroatoms. The number of aryl methyl sites for hydroxylation is 1. The SMILES string of the molecule is COC(=O)CNc1cc(=O)n(C)nc1-c1ccccc1Oc1ccccc1. The number of carbonyl (C=O) groups is 1. The first-order chi connectivity index (χ1) is 13.1. The number of nitrogens with one attached hydrogen (secondary N) is 1. The van der Waals surface area contributed by atoms with E-state index in [1.54, 1.807) is 7.05 Å². The molecule has 0 aliphatic heterocycles. The molecule has 0 aliphatic carbocycles. The topological polar surface area (TPSA) is 82.5 Å². The van der Waals surface area contributed by atoms with Gasteiger partial charge in [0.15, 0.2) is 0 Å². The van der Waals surface area contributed by atoms with Gasteiger partial charge in [0.2, 0.25) is 0 Å². The van der Waals surface area contributed by atoms with Gasteiger partial charge in [-0.1, -0.05) is 30.3 Å². The summed E-state index contributed by atoms with van der Waals surface area (Å²) in [6.45, 7) is -0.0833. The second-order valence-corrected chi connectivity index (χ2v) is 5.71. The van der Waals surface area contributed by atoms with E-state index in [9.17, 15) is 9.59 Å². The molecule has 1 heterocycles. The van der Waals surface area contributed by atoms with Gasteiger partial charge in [-0.15, -0.1) is 0 Å². The fourth-order valence-electron chi connectivity index (χ4n) is 2.48.